The van der Waals surface area contributed by atoms with E-state index >= 15 is 0 Å². The molecule has 0 bridgehead atoms. The Bertz CT molecular complexity index is 1120. The first kappa shape index (κ1) is 22.9. The number of hydrogen-bond donors (Lipinski definition) is 3. The van der Waals surface area contributed by atoms with Crippen LogP contribution in [0.1, 0.15) is 27.6 Å². The Labute approximate surface area is 189 Å². The van der Waals surface area contributed by atoms with Crippen molar-refractivity contribution < 1.29 is 24.2 Å². The van der Waals surface area contributed by atoms with Crippen molar-refractivity contribution >= 4 is 40.9 Å². The second-order valence-corrected chi connectivity index (χ2v) is 7.64. The van der Waals surface area contributed by atoms with Crippen molar-refractivity contribution in [2.45, 2.75) is 11.8 Å². The van der Waals surface area contributed by atoms with Crippen LogP contribution in [0.4, 0.5) is 11.4 Å². The van der Waals surface area contributed by atoms with Gasteiger partial charge in [0.1, 0.15) is 5.75 Å². The van der Waals surface area contributed by atoms with E-state index in [9.17, 15) is 19.5 Å². The highest BCUT2D eigenvalue weighted by atomic mass is 32.2. The van der Waals surface area contributed by atoms with Gasteiger partial charge in [-0.15, -0.1) is 11.8 Å². The minimum atomic E-state index is -1.16. The molecule has 0 saturated heterocycles. The van der Waals surface area contributed by atoms with Crippen LogP contribution in [0.3, 0.4) is 0 Å². The maximum absolute atomic E-state index is 12.4. The van der Waals surface area contributed by atoms with Gasteiger partial charge in [-0.3, -0.25) is 9.59 Å². The summed E-state index contributed by atoms with van der Waals surface area (Å²) in [5.41, 5.74) is 1.17. The summed E-state index contributed by atoms with van der Waals surface area (Å²) in [6, 6.07) is 20.2. The topological polar surface area (TPSA) is 105 Å². The zero-order chi connectivity index (χ0) is 22.9. The Morgan fingerprint density at radius 1 is 0.875 bits per heavy atom. The third kappa shape index (κ3) is 6.12. The van der Waals surface area contributed by atoms with Gasteiger partial charge in [0, 0.05) is 10.6 Å². The van der Waals surface area contributed by atoms with Crippen LogP contribution >= 0.6 is 11.8 Å². The molecule has 7 nitrogen and oxygen atoms in total. The second kappa shape index (κ2) is 11.0. The lowest BCUT2D eigenvalue weighted by atomic mass is 10.1. The van der Waals surface area contributed by atoms with Crippen LogP contribution in [0.2, 0.25) is 0 Å². The summed E-state index contributed by atoms with van der Waals surface area (Å²) in [6.45, 7) is 2.39. The molecule has 0 heterocycles. The van der Waals surface area contributed by atoms with Crippen molar-refractivity contribution in [2.75, 3.05) is 23.0 Å². The summed E-state index contributed by atoms with van der Waals surface area (Å²) in [6.07, 6.45) is 0. The molecule has 3 aromatic carbocycles. The van der Waals surface area contributed by atoms with E-state index in [1.165, 1.54) is 23.9 Å². The summed E-state index contributed by atoms with van der Waals surface area (Å²) < 4.78 is 5.51. The maximum Gasteiger partial charge on any atom is 0.336 e. The lowest BCUT2D eigenvalue weighted by molar-refractivity contribution is -0.113. The Hall–Kier alpha value is -3.78. The van der Waals surface area contributed by atoms with Crippen LogP contribution in [-0.2, 0) is 4.79 Å². The number of carbonyl (C=O) groups excluding carboxylic acids is 2. The summed E-state index contributed by atoms with van der Waals surface area (Å²) in [5.74, 6) is -0.999. The number of benzene rings is 3. The number of nitrogens with one attached hydrogen (secondary N) is 2. The zero-order valence-electron chi connectivity index (χ0n) is 17.3. The first-order valence-electron chi connectivity index (χ1n) is 9.86. The summed E-state index contributed by atoms with van der Waals surface area (Å²) >= 11 is 1.35. The molecule has 3 N–H and O–H groups in total. The third-order valence-electron chi connectivity index (χ3n) is 4.35. The normalized spacial score (nSPS) is 10.3. The molecule has 0 aromatic heterocycles. The lowest BCUT2D eigenvalue weighted by Gasteiger charge is -2.11. The number of carboxylic acids is 1. The fourth-order valence-corrected chi connectivity index (χ4v) is 3.59. The summed E-state index contributed by atoms with van der Waals surface area (Å²) in [5, 5.41) is 14.8. The van der Waals surface area contributed by atoms with Crippen LogP contribution in [0, 0.1) is 0 Å². The summed E-state index contributed by atoms with van der Waals surface area (Å²) in [4.78, 5) is 36.9. The molecule has 164 valence electrons. The number of carbonyl (C=O) groups is 3. The van der Waals surface area contributed by atoms with Crippen molar-refractivity contribution in [2.24, 2.45) is 0 Å². The van der Waals surface area contributed by atoms with E-state index in [2.05, 4.69) is 10.6 Å². The fraction of sp³-hybridized carbons (Fsp3) is 0.125. The fourth-order valence-electron chi connectivity index (χ4n) is 2.89. The Morgan fingerprint density at radius 2 is 1.53 bits per heavy atom. The van der Waals surface area contributed by atoms with E-state index in [0.29, 0.717) is 23.7 Å². The highest BCUT2D eigenvalue weighted by molar-refractivity contribution is 8.00. The molecule has 0 aliphatic rings. The van der Waals surface area contributed by atoms with Gasteiger partial charge < -0.3 is 20.5 Å². The van der Waals surface area contributed by atoms with Gasteiger partial charge in [-0.1, -0.05) is 24.3 Å². The number of ether oxygens (including phenoxy) is 1. The van der Waals surface area contributed by atoms with Crippen molar-refractivity contribution in [1.29, 1.82) is 0 Å². The van der Waals surface area contributed by atoms with Gasteiger partial charge >= 0.3 is 5.97 Å². The number of para-hydroxylation sites is 2. The molecule has 0 aliphatic carbocycles. The van der Waals surface area contributed by atoms with E-state index in [4.69, 9.17) is 4.74 Å². The Kier molecular flexibility index (Phi) is 7.88. The lowest BCUT2D eigenvalue weighted by Crippen LogP contribution is -2.16. The molecule has 0 atom stereocenters. The standard InChI is InChI=1S/C24H22N2O5S/c1-2-31-21-10-6-5-9-20(21)26-22(27)15-32-17-13-11-16(12-14-17)25-23(28)18-7-3-4-8-19(18)24(29)30/h3-14H,2,15H2,1H3,(H,25,28)(H,26,27)(H,29,30). The van der Waals surface area contributed by atoms with Crippen LogP contribution in [0.25, 0.3) is 0 Å². The number of carboxylic acid groups (broad SMARTS) is 1. The van der Waals surface area contributed by atoms with Gasteiger partial charge in [0.2, 0.25) is 5.91 Å². The molecule has 3 rings (SSSR count). The molecule has 0 fully saturated rings. The molecule has 8 heteroatoms. The molecule has 0 saturated carbocycles. The third-order valence-corrected chi connectivity index (χ3v) is 5.36. The smallest absolute Gasteiger partial charge is 0.336 e. The molecule has 0 spiro atoms. The van der Waals surface area contributed by atoms with Gasteiger partial charge in [-0.2, -0.15) is 0 Å². The van der Waals surface area contributed by atoms with Gasteiger partial charge in [0.25, 0.3) is 5.91 Å². The van der Waals surface area contributed by atoms with Crippen molar-refractivity contribution in [3.8, 4) is 5.75 Å². The van der Waals surface area contributed by atoms with E-state index in [1.807, 2.05) is 19.1 Å². The van der Waals surface area contributed by atoms with Crippen molar-refractivity contribution in [1.82, 2.24) is 0 Å². The summed E-state index contributed by atoms with van der Waals surface area (Å²) in [7, 11) is 0. The second-order valence-electron chi connectivity index (χ2n) is 6.60. The Balaban J connectivity index is 1.56. The average Bonchev–Trinajstić information content (AvgIpc) is 2.80. The molecule has 0 aliphatic heterocycles. The number of amides is 2. The first-order valence-corrected chi connectivity index (χ1v) is 10.8. The predicted molar refractivity (Wildman–Crippen MR) is 125 cm³/mol. The van der Waals surface area contributed by atoms with E-state index in [1.54, 1.807) is 48.5 Å². The first-order chi connectivity index (χ1) is 15.5. The number of anilines is 2. The number of aromatic carboxylic acids is 1. The van der Waals surface area contributed by atoms with Crippen LogP contribution in [-0.4, -0.2) is 35.2 Å². The highest BCUT2D eigenvalue weighted by Crippen LogP contribution is 2.25. The minimum Gasteiger partial charge on any atom is -0.492 e. The largest absolute Gasteiger partial charge is 0.492 e. The number of rotatable bonds is 9. The highest BCUT2D eigenvalue weighted by Gasteiger charge is 2.16. The van der Waals surface area contributed by atoms with Gasteiger partial charge in [-0.25, -0.2) is 4.79 Å². The van der Waals surface area contributed by atoms with Gasteiger partial charge in [-0.05, 0) is 55.5 Å². The van der Waals surface area contributed by atoms with Crippen LogP contribution < -0.4 is 15.4 Å². The molecule has 0 radical (unpaired) electrons. The van der Waals surface area contributed by atoms with E-state index in [0.717, 1.165) is 4.90 Å². The van der Waals surface area contributed by atoms with Crippen molar-refractivity contribution in [3.05, 3.63) is 83.9 Å². The number of thioether (sulfide) groups is 1. The minimum absolute atomic E-state index is 0.0610. The van der Waals surface area contributed by atoms with Crippen LogP contribution in [0.5, 0.6) is 5.75 Å². The molecule has 0 unspecified atom stereocenters. The Morgan fingerprint density at radius 3 is 2.22 bits per heavy atom. The SMILES string of the molecule is CCOc1ccccc1NC(=O)CSc1ccc(NC(=O)c2ccccc2C(=O)O)cc1. The monoisotopic (exact) mass is 450 g/mol. The molecule has 3 aromatic rings. The van der Waals surface area contributed by atoms with Crippen LogP contribution in [0.15, 0.2) is 77.7 Å². The van der Waals surface area contributed by atoms with Gasteiger partial charge in [0.15, 0.2) is 0 Å². The predicted octanol–water partition coefficient (Wildman–Crippen LogP) is 4.77. The maximum atomic E-state index is 12.4. The zero-order valence-corrected chi connectivity index (χ0v) is 18.1. The van der Waals surface area contributed by atoms with Crippen molar-refractivity contribution in [3.63, 3.8) is 0 Å². The molecular formula is C24H22N2O5S. The average molecular weight is 451 g/mol. The van der Waals surface area contributed by atoms with E-state index in [-0.39, 0.29) is 22.8 Å². The van der Waals surface area contributed by atoms with Gasteiger partial charge in [0.05, 0.1) is 29.2 Å². The molecule has 2 amide bonds. The molecule has 32 heavy (non-hydrogen) atoms. The quantitative estimate of drug-likeness (QED) is 0.406. The molecular weight excluding hydrogens is 428 g/mol. The number of hydrogen-bond acceptors (Lipinski definition) is 5. The van der Waals surface area contributed by atoms with E-state index < -0.39 is 11.9 Å².